The SMILES string of the molecule is [C-]#[N+]c1cccc(-n2nc(C)cc2C(=O)Nc2cc(C(O)c3ccc([N+](=O)[O-])cc3)ccc2F)c1. The summed E-state index contributed by atoms with van der Waals surface area (Å²) in [6.07, 6.45) is -1.20. The van der Waals surface area contributed by atoms with Gasteiger partial charge in [0.1, 0.15) is 17.6 Å². The van der Waals surface area contributed by atoms with Crippen LogP contribution in [0.1, 0.15) is 33.4 Å². The fraction of sp³-hybridized carbons (Fsp3) is 0.0800. The second-order valence-corrected chi connectivity index (χ2v) is 7.66. The topological polar surface area (TPSA) is 115 Å². The van der Waals surface area contributed by atoms with Gasteiger partial charge in [-0.2, -0.15) is 5.10 Å². The molecule has 9 nitrogen and oxygen atoms in total. The molecule has 174 valence electrons. The van der Waals surface area contributed by atoms with Crippen molar-refractivity contribution in [3.8, 4) is 5.69 Å². The molecule has 0 spiro atoms. The Labute approximate surface area is 199 Å². The zero-order valence-corrected chi connectivity index (χ0v) is 18.3. The minimum atomic E-state index is -1.20. The molecular weight excluding hydrogens is 453 g/mol. The third-order valence-corrected chi connectivity index (χ3v) is 5.24. The van der Waals surface area contributed by atoms with Crippen LogP contribution >= 0.6 is 0 Å². The smallest absolute Gasteiger partial charge is 0.274 e. The first-order valence-corrected chi connectivity index (χ1v) is 10.3. The lowest BCUT2D eigenvalue weighted by Gasteiger charge is -2.14. The van der Waals surface area contributed by atoms with Crippen LogP contribution < -0.4 is 5.32 Å². The molecule has 35 heavy (non-hydrogen) atoms. The van der Waals surface area contributed by atoms with Gasteiger partial charge in [0.15, 0.2) is 5.69 Å². The van der Waals surface area contributed by atoms with Crippen molar-refractivity contribution in [1.82, 2.24) is 9.78 Å². The first-order chi connectivity index (χ1) is 16.8. The predicted octanol–water partition coefficient (Wildman–Crippen LogP) is 5.11. The summed E-state index contributed by atoms with van der Waals surface area (Å²) in [5.74, 6) is -1.35. The average Bonchev–Trinajstić information content (AvgIpc) is 3.27. The van der Waals surface area contributed by atoms with E-state index in [4.69, 9.17) is 6.57 Å². The molecule has 0 aliphatic rings. The maximum atomic E-state index is 14.6. The highest BCUT2D eigenvalue weighted by molar-refractivity contribution is 6.03. The number of amides is 1. The molecule has 3 aromatic carbocycles. The molecule has 0 aliphatic carbocycles. The minimum absolute atomic E-state index is 0.123. The number of aromatic nitrogens is 2. The standard InChI is InChI=1S/C25H18FN5O4/c1-15-12-23(30(29-15)20-5-3-4-18(14-20)27-2)25(33)28-22-13-17(8-11-21(22)26)24(32)16-6-9-19(10-7-16)31(34)35/h3-14,24,32H,1H3,(H,28,33). The number of aliphatic hydroxyl groups is 1. The van der Waals surface area contributed by atoms with E-state index in [9.17, 15) is 24.4 Å². The predicted molar refractivity (Wildman–Crippen MR) is 126 cm³/mol. The zero-order chi connectivity index (χ0) is 25.1. The molecule has 0 saturated heterocycles. The molecule has 1 heterocycles. The molecule has 1 unspecified atom stereocenters. The first kappa shape index (κ1) is 23.3. The molecule has 0 bridgehead atoms. The quantitative estimate of drug-likeness (QED) is 0.230. The number of aryl methyl sites for hydroxylation is 1. The Morgan fingerprint density at radius 3 is 2.54 bits per heavy atom. The van der Waals surface area contributed by atoms with E-state index in [-0.39, 0.29) is 22.6 Å². The first-order valence-electron chi connectivity index (χ1n) is 10.3. The molecule has 1 atom stereocenters. The Morgan fingerprint density at radius 2 is 1.86 bits per heavy atom. The molecule has 0 saturated carbocycles. The maximum Gasteiger partial charge on any atom is 0.274 e. The van der Waals surface area contributed by atoms with Gasteiger partial charge in [-0.25, -0.2) is 13.9 Å². The largest absolute Gasteiger partial charge is 0.384 e. The molecule has 10 heteroatoms. The number of rotatable bonds is 6. The number of benzene rings is 3. The third-order valence-electron chi connectivity index (χ3n) is 5.24. The van der Waals surface area contributed by atoms with Gasteiger partial charge in [0.25, 0.3) is 11.6 Å². The van der Waals surface area contributed by atoms with E-state index in [2.05, 4.69) is 15.3 Å². The molecule has 1 amide bonds. The van der Waals surface area contributed by atoms with Crippen LogP contribution in [0.2, 0.25) is 0 Å². The Bertz CT molecular complexity index is 1470. The highest BCUT2D eigenvalue weighted by atomic mass is 19.1. The number of nitro benzene ring substituents is 1. The second-order valence-electron chi connectivity index (χ2n) is 7.66. The Kier molecular flexibility index (Phi) is 6.35. The van der Waals surface area contributed by atoms with Crippen LogP contribution in [0.3, 0.4) is 0 Å². The van der Waals surface area contributed by atoms with Crippen LogP contribution in [0.5, 0.6) is 0 Å². The zero-order valence-electron chi connectivity index (χ0n) is 18.3. The van der Waals surface area contributed by atoms with Crippen molar-refractivity contribution in [3.63, 3.8) is 0 Å². The summed E-state index contributed by atoms with van der Waals surface area (Å²) < 4.78 is 15.9. The van der Waals surface area contributed by atoms with Crippen LogP contribution in [0.25, 0.3) is 10.5 Å². The number of nitrogens with one attached hydrogen (secondary N) is 1. The van der Waals surface area contributed by atoms with Crippen molar-refractivity contribution in [2.24, 2.45) is 0 Å². The van der Waals surface area contributed by atoms with E-state index >= 15 is 0 Å². The number of hydrogen-bond acceptors (Lipinski definition) is 5. The van der Waals surface area contributed by atoms with E-state index in [0.29, 0.717) is 22.6 Å². The van der Waals surface area contributed by atoms with Crippen molar-refractivity contribution < 1.29 is 19.2 Å². The number of non-ortho nitro benzene ring substituents is 1. The molecule has 0 aliphatic heterocycles. The number of hydrogen-bond donors (Lipinski definition) is 2. The lowest BCUT2D eigenvalue weighted by Crippen LogP contribution is -2.18. The summed E-state index contributed by atoms with van der Waals surface area (Å²) in [6, 6.07) is 17.2. The number of anilines is 1. The van der Waals surface area contributed by atoms with E-state index in [1.165, 1.54) is 47.1 Å². The van der Waals surface area contributed by atoms with Gasteiger partial charge in [-0.1, -0.05) is 18.2 Å². The second kappa shape index (κ2) is 9.54. The summed E-state index contributed by atoms with van der Waals surface area (Å²) in [5.41, 5.74) is 1.92. The lowest BCUT2D eigenvalue weighted by atomic mass is 10.0. The maximum absolute atomic E-state index is 14.6. The van der Waals surface area contributed by atoms with E-state index in [0.717, 1.165) is 6.07 Å². The minimum Gasteiger partial charge on any atom is -0.384 e. The molecule has 2 N–H and O–H groups in total. The Hall–Kier alpha value is -4.88. The van der Waals surface area contributed by atoms with Gasteiger partial charge in [0.2, 0.25) is 0 Å². The molecule has 0 fully saturated rings. The molecule has 4 aromatic rings. The van der Waals surface area contributed by atoms with Gasteiger partial charge in [-0.15, -0.1) is 0 Å². The van der Waals surface area contributed by atoms with Crippen molar-refractivity contribution in [2.75, 3.05) is 5.32 Å². The number of carbonyl (C=O) groups excluding carboxylic acids is 1. The van der Waals surface area contributed by atoms with Crippen LogP contribution in [0.4, 0.5) is 21.5 Å². The summed E-state index contributed by atoms with van der Waals surface area (Å²) >= 11 is 0. The fourth-order valence-electron chi connectivity index (χ4n) is 3.52. The summed E-state index contributed by atoms with van der Waals surface area (Å²) in [4.78, 5) is 26.7. The van der Waals surface area contributed by atoms with Gasteiger partial charge in [-0.05, 0) is 60.5 Å². The van der Waals surface area contributed by atoms with Crippen LogP contribution in [-0.2, 0) is 0 Å². The number of carbonyl (C=O) groups is 1. The van der Waals surface area contributed by atoms with Gasteiger partial charge < -0.3 is 10.4 Å². The molecule has 1 aromatic heterocycles. The summed E-state index contributed by atoms with van der Waals surface area (Å²) in [6.45, 7) is 8.89. The van der Waals surface area contributed by atoms with Crippen LogP contribution in [0, 0.1) is 29.4 Å². The fourth-order valence-corrected chi connectivity index (χ4v) is 3.52. The van der Waals surface area contributed by atoms with Crippen molar-refractivity contribution in [2.45, 2.75) is 13.0 Å². The molecular formula is C25H18FN5O4. The normalized spacial score (nSPS) is 11.5. The van der Waals surface area contributed by atoms with E-state index < -0.39 is 22.8 Å². The number of aliphatic hydroxyl groups excluding tert-OH is 1. The monoisotopic (exact) mass is 471 g/mol. The molecule has 4 rings (SSSR count). The lowest BCUT2D eigenvalue weighted by molar-refractivity contribution is -0.384. The van der Waals surface area contributed by atoms with Crippen molar-refractivity contribution in [3.05, 3.63) is 123 Å². The number of nitrogens with zero attached hydrogens (tertiary/aromatic N) is 4. The van der Waals surface area contributed by atoms with Crippen molar-refractivity contribution >= 4 is 23.0 Å². The van der Waals surface area contributed by atoms with Crippen LogP contribution in [0.15, 0.2) is 72.8 Å². The van der Waals surface area contributed by atoms with E-state index in [1.54, 1.807) is 31.2 Å². The van der Waals surface area contributed by atoms with Gasteiger partial charge in [0, 0.05) is 12.1 Å². The Morgan fingerprint density at radius 1 is 1.14 bits per heavy atom. The summed E-state index contributed by atoms with van der Waals surface area (Å²) in [7, 11) is 0. The number of halogens is 1. The highest BCUT2D eigenvalue weighted by Crippen LogP contribution is 2.28. The van der Waals surface area contributed by atoms with E-state index in [1.807, 2.05) is 0 Å². The van der Waals surface area contributed by atoms with Crippen LogP contribution in [-0.4, -0.2) is 25.7 Å². The van der Waals surface area contributed by atoms with Gasteiger partial charge in [-0.3, -0.25) is 14.9 Å². The van der Waals surface area contributed by atoms with Gasteiger partial charge >= 0.3 is 0 Å². The average molecular weight is 471 g/mol. The number of nitro groups is 1. The highest BCUT2D eigenvalue weighted by Gasteiger charge is 2.19. The third kappa shape index (κ3) is 4.90. The van der Waals surface area contributed by atoms with Crippen molar-refractivity contribution in [1.29, 1.82) is 0 Å². The van der Waals surface area contributed by atoms with Gasteiger partial charge in [0.05, 0.1) is 28.6 Å². The summed E-state index contributed by atoms with van der Waals surface area (Å²) in [5, 5.41) is 28.4. The molecule has 0 radical (unpaired) electrons. The Balaban J connectivity index is 1.62.